The number of likely N-dealkylation sites (N-methyl/N-ethyl adjacent to an activating group) is 1. The van der Waals surface area contributed by atoms with Gasteiger partial charge in [0.1, 0.15) is 10.8 Å². The first-order valence-electron chi connectivity index (χ1n) is 2.95. The molecule has 1 aliphatic heterocycles. The van der Waals surface area contributed by atoms with Crippen LogP contribution in [0.25, 0.3) is 0 Å². The topological polar surface area (TPSA) is 15.6 Å². The van der Waals surface area contributed by atoms with E-state index in [-0.39, 0.29) is 6.04 Å². The highest BCUT2D eigenvalue weighted by Crippen LogP contribution is 2.08. The summed E-state index contributed by atoms with van der Waals surface area (Å²) in [4.78, 5) is 7.12. The van der Waals surface area contributed by atoms with Crippen molar-refractivity contribution < 1.29 is 0 Å². The lowest BCUT2D eigenvalue weighted by Crippen LogP contribution is -2.27. The number of nitrogens with zero attached hydrogens (tertiary/aromatic N) is 2. The Labute approximate surface area is 60.6 Å². The van der Waals surface area contributed by atoms with Crippen LogP contribution >= 0.6 is 12.2 Å². The highest BCUT2D eigenvalue weighted by atomic mass is 32.1. The van der Waals surface area contributed by atoms with Crippen LogP contribution in [0.5, 0.6) is 0 Å². The maximum absolute atomic E-state index is 5.05. The molecule has 0 aliphatic carbocycles. The second-order valence-electron chi connectivity index (χ2n) is 2.25. The van der Waals surface area contributed by atoms with Gasteiger partial charge in [-0.15, -0.1) is 0 Å². The van der Waals surface area contributed by atoms with E-state index in [0.29, 0.717) is 0 Å². The number of amidine groups is 1. The average Bonchev–Trinajstić information content (AvgIpc) is 1.98. The zero-order valence-corrected chi connectivity index (χ0v) is 6.70. The second-order valence-corrected chi connectivity index (χ2v) is 2.67. The lowest BCUT2D eigenvalue weighted by Gasteiger charge is -2.10. The van der Waals surface area contributed by atoms with E-state index in [0.717, 1.165) is 10.8 Å². The lowest BCUT2D eigenvalue weighted by atomic mass is 10.4. The molecular weight excluding hydrogens is 132 g/mol. The van der Waals surface area contributed by atoms with Crippen LogP contribution in [0.4, 0.5) is 0 Å². The fraction of sp³-hybridized carbons (Fsp3) is 0.667. The van der Waals surface area contributed by atoms with Gasteiger partial charge in [0.2, 0.25) is 0 Å². The van der Waals surface area contributed by atoms with Gasteiger partial charge >= 0.3 is 0 Å². The normalized spacial score (nSPS) is 27.0. The van der Waals surface area contributed by atoms with Gasteiger partial charge in [0.25, 0.3) is 0 Å². The van der Waals surface area contributed by atoms with Crippen LogP contribution in [-0.2, 0) is 0 Å². The Kier molecular flexibility index (Phi) is 1.53. The van der Waals surface area contributed by atoms with Crippen molar-refractivity contribution in [3.63, 3.8) is 0 Å². The van der Waals surface area contributed by atoms with E-state index in [4.69, 9.17) is 12.2 Å². The summed E-state index contributed by atoms with van der Waals surface area (Å²) in [6.45, 7) is 3.98. The van der Waals surface area contributed by atoms with E-state index < -0.39 is 0 Å². The van der Waals surface area contributed by atoms with Crippen LogP contribution in [-0.4, -0.2) is 28.8 Å². The molecule has 0 amide bonds. The molecule has 1 rings (SSSR count). The first-order chi connectivity index (χ1) is 4.13. The monoisotopic (exact) mass is 142 g/mol. The third-order valence-corrected chi connectivity index (χ3v) is 2.17. The van der Waals surface area contributed by atoms with Crippen molar-refractivity contribution in [2.24, 2.45) is 4.99 Å². The highest BCUT2D eigenvalue weighted by molar-refractivity contribution is 7.80. The fourth-order valence-electron chi connectivity index (χ4n) is 0.862. The van der Waals surface area contributed by atoms with Crippen LogP contribution in [0.1, 0.15) is 13.8 Å². The summed E-state index contributed by atoms with van der Waals surface area (Å²) >= 11 is 5.05. The number of thiocarbonyl (C=S) groups is 1. The minimum Gasteiger partial charge on any atom is -0.326 e. The highest BCUT2D eigenvalue weighted by Gasteiger charge is 2.20. The summed E-state index contributed by atoms with van der Waals surface area (Å²) in [5.41, 5.74) is 0. The molecule has 0 aromatic carbocycles. The maximum atomic E-state index is 5.05. The molecule has 1 unspecified atom stereocenters. The van der Waals surface area contributed by atoms with Crippen LogP contribution in [0.15, 0.2) is 4.99 Å². The van der Waals surface area contributed by atoms with Gasteiger partial charge in [-0.25, -0.2) is 0 Å². The molecule has 0 fully saturated rings. The molecule has 2 nitrogen and oxygen atoms in total. The van der Waals surface area contributed by atoms with Crippen LogP contribution in [0.2, 0.25) is 0 Å². The second kappa shape index (κ2) is 2.06. The van der Waals surface area contributed by atoms with E-state index in [9.17, 15) is 0 Å². The predicted octanol–water partition coefficient (Wildman–Crippen LogP) is 1.07. The first-order valence-corrected chi connectivity index (χ1v) is 3.35. The molecule has 3 heteroatoms. The fourth-order valence-corrected chi connectivity index (χ4v) is 1.05. The van der Waals surface area contributed by atoms with Crippen molar-refractivity contribution in [3.05, 3.63) is 0 Å². The zero-order chi connectivity index (χ0) is 7.02. The summed E-state index contributed by atoms with van der Waals surface area (Å²) in [7, 11) is 1.95. The van der Waals surface area contributed by atoms with Gasteiger partial charge in [0.05, 0.1) is 6.04 Å². The molecule has 0 N–H and O–H groups in total. The summed E-state index contributed by atoms with van der Waals surface area (Å²) < 4.78 is 0. The minimum absolute atomic E-state index is 0.213. The number of rotatable bonds is 0. The Morgan fingerprint density at radius 2 is 2.22 bits per heavy atom. The van der Waals surface area contributed by atoms with Crippen molar-refractivity contribution >= 4 is 23.0 Å². The summed E-state index contributed by atoms with van der Waals surface area (Å²) in [5, 5.41) is 0. The molecule has 0 saturated carbocycles. The maximum Gasteiger partial charge on any atom is 0.108 e. The van der Waals surface area contributed by atoms with Crippen molar-refractivity contribution in [1.29, 1.82) is 0 Å². The van der Waals surface area contributed by atoms with Gasteiger partial charge in [0, 0.05) is 7.05 Å². The molecule has 0 spiro atoms. The van der Waals surface area contributed by atoms with E-state index in [1.54, 1.807) is 0 Å². The van der Waals surface area contributed by atoms with E-state index in [1.165, 1.54) is 0 Å². The average molecular weight is 142 g/mol. The van der Waals surface area contributed by atoms with Gasteiger partial charge in [-0.05, 0) is 13.8 Å². The first kappa shape index (κ1) is 6.68. The smallest absolute Gasteiger partial charge is 0.108 e. The Morgan fingerprint density at radius 1 is 1.67 bits per heavy atom. The van der Waals surface area contributed by atoms with Crippen LogP contribution in [0, 0.1) is 0 Å². The molecule has 0 aromatic rings. The van der Waals surface area contributed by atoms with E-state index in [2.05, 4.69) is 4.99 Å². The molecule has 1 heterocycles. The quantitative estimate of drug-likeness (QED) is 0.470. The van der Waals surface area contributed by atoms with Crippen molar-refractivity contribution in [3.8, 4) is 0 Å². The van der Waals surface area contributed by atoms with Gasteiger partial charge in [0.15, 0.2) is 0 Å². The minimum atomic E-state index is 0.213. The molecular formula is C6H10N2S. The molecule has 0 bridgehead atoms. The van der Waals surface area contributed by atoms with Crippen LogP contribution < -0.4 is 0 Å². The molecule has 0 aromatic heterocycles. The number of hydrogen-bond donors (Lipinski definition) is 0. The Morgan fingerprint density at radius 3 is 2.33 bits per heavy atom. The van der Waals surface area contributed by atoms with Gasteiger partial charge in [-0.3, -0.25) is 4.99 Å². The Balaban J connectivity index is 2.82. The number of aliphatic imine (C=N–C) groups is 1. The van der Waals surface area contributed by atoms with Crippen molar-refractivity contribution in [1.82, 2.24) is 4.90 Å². The molecule has 0 saturated heterocycles. The zero-order valence-electron chi connectivity index (χ0n) is 5.88. The van der Waals surface area contributed by atoms with Gasteiger partial charge < -0.3 is 4.90 Å². The van der Waals surface area contributed by atoms with Crippen LogP contribution in [0.3, 0.4) is 0 Å². The largest absolute Gasteiger partial charge is 0.326 e. The lowest BCUT2D eigenvalue weighted by molar-refractivity contribution is 0.771. The number of hydrogen-bond acceptors (Lipinski definition) is 2. The van der Waals surface area contributed by atoms with Crippen molar-refractivity contribution in [2.45, 2.75) is 19.9 Å². The standard InChI is InChI=1S/C6H10N2S/c1-4-6(9)8(3)5(2)7-4/h4H,1-3H3. The molecule has 0 radical (unpaired) electrons. The summed E-state index contributed by atoms with van der Waals surface area (Å²) in [6.07, 6.45) is 0. The predicted molar refractivity (Wildman–Crippen MR) is 42.9 cm³/mol. The molecule has 1 aliphatic rings. The third-order valence-electron chi connectivity index (χ3n) is 1.55. The molecule has 50 valence electrons. The Bertz CT molecular complexity index is 174. The Hall–Kier alpha value is -0.440. The van der Waals surface area contributed by atoms with E-state index in [1.807, 2.05) is 25.8 Å². The summed E-state index contributed by atoms with van der Waals surface area (Å²) in [6, 6.07) is 0.213. The molecule has 9 heavy (non-hydrogen) atoms. The third kappa shape index (κ3) is 0.965. The van der Waals surface area contributed by atoms with Gasteiger partial charge in [-0.2, -0.15) is 0 Å². The van der Waals surface area contributed by atoms with Gasteiger partial charge in [-0.1, -0.05) is 12.2 Å². The van der Waals surface area contributed by atoms with Crippen molar-refractivity contribution in [2.75, 3.05) is 7.05 Å². The van der Waals surface area contributed by atoms with E-state index >= 15 is 0 Å². The SMILES string of the molecule is CC1=NC(C)C(=S)N1C. The molecule has 1 atom stereocenters. The summed E-state index contributed by atoms with van der Waals surface area (Å²) in [5.74, 6) is 1.02.